The van der Waals surface area contributed by atoms with Crippen molar-refractivity contribution in [3.05, 3.63) is 65.7 Å². The fraction of sp³-hybridized carbons (Fsp3) is 0.700. The van der Waals surface area contributed by atoms with Crippen molar-refractivity contribution in [2.75, 3.05) is 26.4 Å². The summed E-state index contributed by atoms with van der Waals surface area (Å²) in [4.78, 5) is 13.4. The first-order valence-corrected chi connectivity index (χ1v) is 22.4. The molecule has 1 unspecified atom stereocenters. The Morgan fingerprint density at radius 1 is 0.800 bits per heavy atom. The first-order chi connectivity index (χ1) is 26.5. The van der Waals surface area contributed by atoms with Crippen molar-refractivity contribution >= 4 is 5.97 Å². The third-order valence-electron chi connectivity index (χ3n) is 15.3. The van der Waals surface area contributed by atoms with Gasteiger partial charge in [-0.05, 0) is 153 Å². The minimum atomic E-state index is -0.194. The lowest BCUT2D eigenvalue weighted by molar-refractivity contribution is -0.0594. The van der Waals surface area contributed by atoms with Crippen LogP contribution >= 0.6 is 0 Å². The molecule has 3 saturated carbocycles. The third-order valence-corrected chi connectivity index (χ3v) is 15.3. The zero-order chi connectivity index (χ0) is 38.6. The molecule has 4 fully saturated rings. The third kappa shape index (κ3) is 9.41. The number of ether oxygens (including phenoxy) is 4. The minimum absolute atomic E-state index is 0.0133. The number of epoxide rings is 1. The van der Waals surface area contributed by atoms with E-state index < -0.39 is 0 Å². The van der Waals surface area contributed by atoms with Crippen LogP contribution in [0.15, 0.2) is 60.2 Å². The Hall–Kier alpha value is -2.63. The Kier molecular flexibility index (Phi) is 12.9. The molecule has 1 saturated heterocycles. The average Bonchev–Trinajstić information content (AvgIpc) is 3.80. The Morgan fingerprint density at radius 2 is 1.51 bits per heavy atom. The monoisotopic (exact) mass is 753 g/mol. The standard InChI is InChI=1S/C50H72O5/c1-35(2)12-11-13-36(3)44-24-25-45-43-23-20-40-32-42(26-28-49(40,5)46(43)27-29-50(44,45)6)55-47(51)39-16-14-37(15-17-39)38-18-21-41(22-19-38)53-31-10-8-7-9-30-52-33-48(4)34-54-48/h14-22,35-36,42-46H,7-13,23-34H2,1-6H3/t36-,42+,43+,44-,45+,46+,48?,49+,50-/m1/s1. The van der Waals surface area contributed by atoms with E-state index in [1.54, 1.807) is 5.57 Å². The van der Waals surface area contributed by atoms with Gasteiger partial charge in [-0.3, -0.25) is 0 Å². The largest absolute Gasteiger partial charge is 0.494 e. The maximum atomic E-state index is 13.4. The zero-order valence-corrected chi connectivity index (χ0v) is 35.2. The predicted octanol–water partition coefficient (Wildman–Crippen LogP) is 12.7. The number of rotatable bonds is 18. The second-order valence-electron chi connectivity index (χ2n) is 19.7. The van der Waals surface area contributed by atoms with Crippen molar-refractivity contribution in [2.45, 2.75) is 150 Å². The SMILES string of the molecule is CC(C)CCC[C@@H](C)[C@H]1CC[C@H]2[C@@H]3CC=C4C[C@@H](OC(=O)c5ccc(-c6ccc(OCCCCCCOCC7(C)CO7)cc6)cc5)CC[C@]4(C)[C@H]3CC[C@]12C. The number of fused-ring (bicyclic) bond motifs is 5. The summed E-state index contributed by atoms with van der Waals surface area (Å²) in [7, 11) is 0. The molecule has 0 aromatic heterocycles. The van der Waals surface area contributed by atoms with Crippen molar-refractivity contribution in [1.82, 2.24) is 0 Å². The number of esters is 1. The number of hydrogen-bond acceptors (Lipinski definition) is 5. The number of benzene rings is 2. The first-order valence-electron chi connectivity index (χ1n) is 22.4. The van der Waals surface area contributed by atoms with Gasteiger partial charge in [-0.15, -0.1) is 0 Å². The van der Waals surface area contributed by atoms with E-state index in [1.165, 1.54) is 51.4 Å². The summed E-state index contributed by atoms with van der Waals surface area (Å²) in [5.74, 6) is 5.74. The van der Waals surface area contributed by atoms with Crippen molar-refractivity contribution < 1.29 is 23.7 Å². The van der Waals surface area contributed by atoms with E-state index in [-0.39, 0.29) is 23.1 Å². The van der Waals surface area contributed by atoms with E-state index in [4.69, 9.17) is 18.9 Å². The molecular formula is C50H72O5. The molecule has 5 nitrogen and oxygen atoms in total. The molecule has 1 heterocycles. The number of allylic oxidation sites excluding steroid dienone is 1. The molecule has 1 aliphatic heterocycles. The number of hydrogen-bond donors (Lipinski definition) is 0. The molecule has 4 aliphatic carbocycles. The van der Waals surface area contributed by atoms with E-state index in [9.17, 15) is 4.79 Å². The molecule has 5 aliphatic rings. The molecule has 0 amide bonds. The Morgan fingerprint density at radius 3 is 2.22 bits per heavy atom. The molecule has 5 heteroatoms. The molecule has 2 aromatic carbocycles. The normalized spacial score (nSPS) is 32.9. The maximum Gasteiger partial charge on any atom is 0.338 e. The van der Waals surface area contributed by atoms with Gasteiger partial charge in [0, 0.05) is 13.0 Å². The molecule has 0 bridgehead atoms. The van der Waals surface area contributed by atoms with E-state index in [1.807, 2.05) is 36.4 Å². The van der Waals surface area contributed by atoms with E-state index >= 15 is 0 Å². The van der Waals surface area contributed by atoms with Crippen LogP contribution in [-0.4, -0.2) is 44.1 Å². The highest BCUT2D eigenvalue weighted by Crippen LogP contribution is 2.67. The molecular weight excluding hydrogens is 681 g/mol. The van der Waals surface area contributed by atoms with Gasteiger partial charge < -0.3 is 18.9 Å². The Labute approximate surface area is 333 Å². The van der Waals surface area contributed by atoms with Gasteiger partial charge in [0.15, 0.2) is 0 Å². The molecule has 0 N–H and O–H groups in total. The summed E-state index contributed by atoms with van der Waals surface area (Å²) in [6.45, 7) is 17.7. The average molecular weight is 753 g/mol. The van der Waals surface area contributed by atoms with Crippen molar-refractivity contribution in [2.24, 2.45) is 46.3 Å². The van der Waals surface area contributed by atoms with Gasteiger partial charge in [-0.1, -0.05) is 96.2 Å². The molecule has 2 aromatic rings. The van der Waals surface area contributed by atoms with E-state index in [0.717, 1.165) is 117 Å². The molecule has 55 heavy (non-hydrogen) atoms. The van der Waals surface area contributed by atoms with Gasteiger partial charge in [0.1, 0.15) is 17.5 Å². The Bertz CT molecular complexity index is 1590. The van der Waals surface area contributed by atoms with Crippen LogP contribution in [0.25, 0.3) is 11.1 Å². The number of unbranched alkanes of at least 4 members (excludes halogenated alkanes) is 3. The quantitative estimate of drug-likeness (QED) is 0.0657. The van der Waals surface area contributed by atoms with Crippen LogP contribution < -0.4 is 4.74 Å². The van der Waals surface area contributed by atoms with Gasteiger partial charge in [0.25, 0.3) is 0 Å². The second kappa shape index (κ2) is 17.5. The number of carbonyl (C=O) groups excluding carboxylic acids is 1. The summed E-state index contributed by atoms with van der Waals surface area (Å²) in [5, 5.41) is 0. The van der Waals surface area contributed by atoms with Gasteiger partial charge in [0.05, 0.1) is 25.4 Å². The van der Waals surface area contributed by atoms with Gasteiger partial charge >= 0.3 is 5.97 Å². The van der Waals surface area contributed by atoms with Crippen molar-refractivity contribution in [1.29, 1.82) is 0 Å². The zero-order valence-electron chi connectivity index (χ0n) is 35.2. The van der Waals surface area contributed by atoms with Crippen LogP contribution in [0.5, 0.6) is 5.75 Å². The van der Waals surface area contributed by atoms with E-state index in [0.29, 0.717) is 17.6 Å². The van der Waals surface area contributed by atoms with Crippen LogP contribution in [0.2, 0.25) is 0 Å². The summed E-state index contributed by atoms with van der Waals surface area (Å²) >= 11 is 0. The summed E-state index contributed by atoms with van der Waals surface area (Å²) < 4.78 is 23.3. The highest BCUT2D eigenvalue weighted by atomic mass is 16.6. The summed E-state index contributed by atoms with van der Waals surface area (Å²) in [6.07, 6.45) is 21.1. The van der Waals surface area contributed by atoms with Crippen molar-refractivity contribution in [3.63, 3.8) is 0 Å². The Balaban J connectivity index is 0.853. The minimum Gasteiger partial charge on any atom is -0.494 e. The topological polar surface area (TPSA) is 57.3 Å². The van der Waals surface area contributed by atoms with Crippen LogP contribution in [0.3, 0.4) is 0 Å². The molecule has 7 rings (SSSR count). The number of carbonyl (C=O) groups is 1. The highest BCUT2D eigenvalue weighted by Gasteiger charge is 2.59. The first kappa shape index (κ1) is 40.6. The molecule has 302 valence electrons. The second-order valence-corrected chi connectivity index (χ2v) is 19.7. The fourth-order valence-corrected chi connectivity index (χ4v) is 11.9. The molecule has 0 spiro atoms. The molecule has 0 radical (unpaired) electrons. The van der Waals surface area contributed by atoms with Gasteiger partial charge in [0.2, 0.25) is 0 Å². The summed E-state index contributed by atoms with van der Waals surface area (Å²) in [6, 6.07) is 16.2. The smallest absolute Gasteiger partial charge is 0.338 e. The van der Waals surface area contributed by atoms with Crippen LogP contribution in [0.4, 0.5) is 0 Å². The van der Waals surface area contributed by atoms with Crippen molar-refractivity contribution in [3.8, 4) is 16.9 Å². The van der Waals surface area contributed by atoms with Crippen LogP contribution in [-0.2, 0) is 14.2 Å². The highest BCUT2D eigenvalue weighted by molar-refractivity contribution is 5.90. The molecule has 9 atom stereocenters. The lowest BCUT2D eigenvalue weighted by atomic mass is 9.47. The van der Waals surface area contributed by atoms with Gasteiger partial charge in [-0.25, -0.2) is 4.79 Å². The van der Waals surface area contributed by atoms with Crippen LogP contribution in [0.1, 0.15) is 148 Å². The predicted molar refractivity (Wildman–Crippen MR) is 223 cm³/mol. The van der Waals surface area contributed by atoms with Crippen LogP contribution in [0, 0.1) is 46.3 Å². The fourth-order valence-electron chi connectivity index (χ4n) is 11.9. The maximum absolute atomic E-state index is 13.4. The summed E-state index contributed by atoms with van der Waals surface area (Å²) in [5.41, 5.74) is 5.17. The lowest BCUT2D eigenvalue weighted by Gasteiger charge is -2.58. The van der Waals surface area contributed by atoms with Gasteiger partial charge in [-0.2, -0.15) is 0 Å². The van der Waals surface area contributed by atoms with E-state index in [2.05, 4.69) is 59.8 Å². The lowest BCUT2D eigenvalue weighted by Crippen LogP contribution is -2.51.